The van der Waals surface area contributed by atoms with Gasteiger partial charge in [0.2, 0.25) is 0 Å². The molecule has 1 aromatic carbocycles. The van der Waals surface area contributed by atoms with Crippen molar-refractivity contribution < 1.29 is 0 Å². The van der Waals surface area contributed by atoms with E-state index in [1.807, 2.05) is 6.07 Å². The van der Waals surface area contributed by atoms with E-state index in [0.717, 1.165) is 37.9 Å². The molecule has 0 spiro atoms. The van der Waals surface area contributed by atoms with Gasteiger partial charge in [0.25, 0.3) is 0 Å². The number of likely N-dealkylation sites (tertiary alicyclic amines) is 1. The van der Waals surface area contributed by atoms with Crippen LogP contribution < -0.4 is 5.73 Å². The summed E-state index contributed by atoms with van der Waals surface area (Å²) < 4.78 is 0. The third-order valence-electron chi connectivity index (χ3n) is 6.19. The second-order valence-electron chi connectivity index (χ2n) is 7.32. The van der Waals surface area contributed by atoms with E-state index >= 15 is 0 Å². The summed E-state index contributed by atoms with van der Waals surface area (Å²) in [6, 6.07) is 9.50. The fourth-order valence-corrected chi connectivity index (χ4v) is 4.63. The second-order valence-corrected chi connectivity index (χ2v) is 7.32. The van der Waals surface area contributed by atoms with Crippen LogP contribution in [0.1, 0.15) is 51.2 Å². The van der Waals surface area contributed by atoms with Gasteiger partial charge >= 0.3 is 0 Å². The van der Waals surface area contributed by atoms with E-state index in [2.05, 4.69) is 43.9 Å². The molecule has 1 aliphatic carbocycles. The lowest BCUT2D eigenvalue weighted by Crippen LogP contribution is -2.60. The Balaban J connectivity index is 0.00000144. The highest BCUT2D eigenvalue weighted by atomic mass is 35.5. The molecule has 1 aliphatic heterocycles. The van der Waals surface area contributed by atoms with Gasteiger partial charge in [0.1, 0.15) is 0 Å². The molecule has 24 heavy (non-hydrogen) atoms. The van der Waals surface area contributed by atoms with Crippen molar-refractivity contribution in [1.29, 1.82) is 5.26 Å². The first kappa shape index (κ1) is 21.1. The van der Waals surface area contributed by atoms with Crippen molar-refractivity contribution in [1.82, 2.24) is 4.90 Å². The Bertz CT molecular complexity index is 613. The van der Waals surface area contributed by atoms with Crippen molar-refractivity contribution in [2.24, 2.45) is 5.92 Å². The van der Waals surface area contributed by atoms with Crippen LogP contribution in [-0.4, -0.2) is 23.5 Å². The zero-order chi connectivity index (χ0) is 15.9. The zero-order valence-corrected chi connectivity index (χ0v) is 16.4. The summed E-state index contributed by atoms with van der Waals surface area (Å²) in [4.78, 5) is 2.48. The van der Waals surface area contributed by atoms with E-state index in [0.29, 0.717) is 12.0 Å². The van der Waals surface area contributed by atoms with Crippen LogP contribution in [0, 0.1) is 17.2 Å². The molecule has 1 unspecified atom stereocenters. The molecule has 1 aromatic rings. The summed E-state index contributed by atoms with van der Waals surface area (Å²) in [6.45, 7) is 7.95. The number of nitrogen functional groups attached to an aromatic ring is 1. The standard InChI is InChI=1S/C19H27N3.2ClH/c1-4-5-16(12-20)22-9-8-19(3)13(2)18(22)10-14-6-7-15(21)11-17(14)19;;/h6-7,11,13,16,18H,4-5,8-10,21H2,1-3H3;2*1H/t13-,16?,18-,19-;;/m1../s1. The Morgan fingerprint density at radius 2 is 2.12 bits per heavy atom. The number of nitrogens with two attached hydrogens (primary N) is 1. The van der Waals surface area contributed by atoms with Crippen molar-refractivity contribution in [3.8, 4) is 6.07 Å². The first-order valence-corrected chi connectivity index (χ1v) is 8.55. The van der Waals surface area contributed by atoms with Crippen molar-refractivity contribution in [3.63, 3.8) is 0 Å². The molecule has 5 heteroatoms. The third kappa shape index (κ3) is 3.25. The monoisotopic (exact) mass is 369 g/mol. The van der Waals surface area contributed by atoms with Gasteiger partial charge in [-0.25, -0.2) is 0 Å². The fourth-order valence-electron chi connectivity index (χ4n) is 4.63. The normalized spacial score (nSPS) is 29.4. The summed E-state index contributed by atoms with van der Waals surface area (Å²) in [5.74, 6) is 0.559. The number of piperidine rings is 1. The molecule has 3 rings (SSSR count). The number of nitriles is 1. The minimum absolute atomic E-state index is 0. The van der Waals surface area contributed by atoms with Gasteiger partial charge in [-0.1, -0.05) is 33.3 Å². The quantitative estimate of drug-likeness (QED) is 0.806. The molecule has 4 atom stereocenters. The molecule has 0 aromatic heterocycles. The Labute approximate surface area is 158 Å². The minimum atomic E-state index is 0. The van der Waals surface area contributed by atoms with E-state index in [-0.39, 0.29) is 36.3 Å². The van der Waals surface area contributed by atoms with Crippen LogP contribution in [0.3, 0.4) is 0 Å². The van der Waals surface area contributed by atoms with Gasteiger partial charge in [-0.3, -0.25) is 4.90 Å². The third-order valence-corrected chi connectivity index (χ3v) is 6.19. The topological polar surface area (TPSA) is 53.0 Å². The molecule has 1 heterocycles. The molecule has 2 N–H and O–H groups in total. The number of hydrogen-bond donors (Lipinski definition) is 1. The summed E-state index contributed by atoms with van der Waals surface area (Å²) in [7, 11) is 0. The second kappa shape index (κ2) is 7.95. The van der Waals surface area contributed by atoms with Gasteiger partial charge in [-0.2, -0.15) is 5.26 Å². The number of fused-ring (bicyclic) bond motifs is 4. The smallest absolute Gasteiger partial charge is 0.0980 e. The number of hydrogen-bond acceptors (Lipinski definition) is 3. The van der Waals surface area contributed by atoms with E-state index in [1.54, 1.807) is 0 Å². The predicted octanol–water partition coefficient (Wildman–Crippen LogP) is 4.33. The van der Waals surface area contributed by atoms with Crippen LogP contribution in [0.15, 0.2) is 18.2 Å². The van der Waals surface area contributed by atoms with Crippen molar-refractivity contribution in [3.05, 3.63) is 29.3 Å². The average Bonchev–Trinajstić information content (AvgIpc) is 2.50. The van der Waals surface area contributed by atoms with E-state index in [9.17, 15) is 5.26 Å². The summed E-state index contributed by atoms with van der Waals surface area (Å²) >= 11 is 0. The van der Waals surface area contributed by atoms with Crippen LogP contribution >= 0.6 is 24.8 Å². The molecule has 2 bridgehead atoms. The van der Waals surface area contributed by atoms with Crippen molar-refractivity contribution in [2.75, 3.05) is 12.3 Å². The van der Waals surface area contributed by atoms with Crippen molar-refractivity contribution >= 4 is 30.5 Å². The molecule has 134 valence electrons. The zero-order valence-electron chi connectivity index (χ0n) is 14.8. The maximum absolute atomic E-state index is 9.58. The average molecular weight is 370 g/mol. The number of benzene rings is 1. The summed E-state index contributed by atoms with van der Waals surface area (Å²) in [5.41, 5.74) is 9.97. The maximum atomic E-state index is 9.58. The SMILES string of the molecule is CCCC(C#N)N1CC[C@@]2(C)c3cc(N)ccc3C[C@@H]1[C@H]2C.Cl.Cl. The first-order chi connectivity index (χ1) is 10.5. The lowest BCUT2D eigenvalue weighted by molar-refractivity contribution is 0.0136. The van der Waals surface area contributed by atoms with Crippen LogP contribution in [0.4, 0.5) is 5.69 Å². The predicted molar refractivity (Wildman–Crippen MR) is 105 cm³/mol. The first-order valence-electron chi connectivity index (χ1n) is 8.55. The van der Waals surface area contributed by atoms with Crippen LogP contribution in [0.25, 0.3) is 0 Å². The molecular formula is C19H29Cl2N3. The molecule has 0 amide bonds. The largest absolute Gasteiger partial charge is 0.399 e. The molecule has 2 aliphatic rings. The number of nitrogens with zero attached hydrogens (tertiary/aromatic N) is 2. The maximum Gasteiger partial charge on any atom is 0.0980 e. The lowest BCUT2D eigenvalue weighted by Gasteiger charge is -2.55. The van der Waals surface area contributed by atoms with E-state index < -0.39 is 0 Å². The van der Waals surface area contributed by atoms with Gasteiger partial charge in [-0.15, -0.1) is 24.8 Å². The van der Waals surface area contributed by atoms with Gasteiger partial charge in [0, 0.05) is 18.3 Å². The molecule has 3 nitrogen and oxygen atoms in total. The molecule has 1 saturated heterocycles. The molecule has 0 saturated carbocycles. The number of anilines is 1. The minimum Gasteiger partial charge on any atom is -0.399 e. The van der Waals surface area contributed by atoms with Crippen LogP contribution in [0.5, 0.6) is 0 Å². The highest BCUT2D eigenvalue weighted by molar-refractivity contribution is 5.85. The highest BCUT2D eigenvalue weighted by Gasteiger charge is 2.49. The molecule has 0 radical (unpaired) electrons. The van der Waals surface area contributed by atoms with Gasteiger partial charge < -0.3 is 5.73 Å². The molecular weight excluding hydrogens is 341 g/mol. The van der Waals surface area contributed by atoms with Gasteiger partial charge in [-0.05, 0) is 53.9 Å². The fraction of sp³-hybridized carbons (Fsp3) is 0.632. The highest BCUT2D eigenvalue weighted by Crippen LogP contribution is 2.49. The van der Waals surface area contributed by atoms with Gasteiger partial charge in [0.05, 0.1) is 12.1 Å². The van der Waals surface area contributed by atoms with Crippen LogP contribution in [-0.2, 0) is 11.8 Å². The Morgan fingerprint density at radius 1 is 1.42 bits per heavy atom. The lowest BCUT2D eigenvalue weighted by atomic mass is 9.58. The Kier molecular flexibility index (Phi) is 6.99. The van der Waals surface area contributed by atoms with E-state index in [1.165, 1.54) is 11.1 Å². The Hall–Kier alpha value is -0.950. The van der Waals surface area contributed by atoms with Crippen molar-refractivity contribution in [2.45, 2.75) is 64.0 Å². The number of rotatable bonds is 3. The van der Waals surface area contributed by atoms with Crippen LogP contribution in [0.2, 0.25) is 0 Å². The Morgan fingerprint density at radius 3 is 2.75 bits per heavy atom. The summed E-state index contributed by atoms with van der Waals surface area (Å²) in [5, 5.41) is 9.58. The molecule has 1 fully saturated rings. The number of halogens is 2. The van der Waals surface area contributed by atoms with Gasteiger partial charge in [0.15, 0.2) is 0 Å². The van der Waals surface area contributed by atoms with E-state index in [4.69, 9.17) is 5.73 Å². The summed E-state index contributed by atoms with van der Waals surface area (Å²) in [6.07, 6.45) is 4.21.